The highest BCUT2D eigenvalue weighted by Crippen LogP contribution is 2.18. The molecule has 1 unspecified atom stereocenters. The highest BCUT2D eigenvalue weighted by Gasteiger charge is 1.98. The van der Waals surface area contributed by atoms with Gasteiger partial charge in [0.15, 0.2) is 0 Å². The quantitative estimate of drug-likeness (QED) is 0.801. The molecular formula is C11H10NO2S-. The van der Waals surface area contributed by atoms with Gasteiger partial charge in [0, 0.05) is 17.8 Å². The van der Waals surface area contributed by atoms with Crippen molar-refractivity contribution in [2.24, 2.45) is 0 Å². The summed E-state index contributed by atoms with van der Waals surface area (Å²) < 4.78 is 23.2. The molecule has 0 saturated carbocycles. The minimum Gasteiger partial charge on any atom is -0.760 e. The van der Waals surface area contributed by atoms with Crippen molar-refractivity contribution in [1.29, 1.82) is 0 Å². The number of rotatable bonds is 3. The Hall–Kier alpha value is -1.23. The molecular weight excluding hydrogens is 210 g/mol. The summed E-state index contributed by atoms with van der Waals surface area (Å²) in [5.74, 6) is 0. The first-order valence-corrected chi connectivity index (χ1v) is 5.64. The Kier molecular flexibility index (Phi) is 3.11. The van der Waals surface area contributed by atoms with E-state index < -0.39 is 11.3 Å². The Labute approximate surface area is 90.5 Å². The molecule has 2 rings (SSSR count). The number of nitrogens with one attached hydrogen (secondary N) is 1. The van der Waals surface area contributed by atoms with Crippen LogP contribution in [0.1, 0.15) is 5.56 Å². The van der Waals surface area contributed by atoms with E-state index in [4.69, 9.17) is 0 Å². The van der Waals surface area contributed by atoms with Crippen molar-refractivity contribution in [3.05, 3.63) is 48.0 Å². The summed E-state index contributed by atoms with van der Waals surface area (Å²) in [6.45, 7) is 0.331. The molecule has 3 nitrogen and oxygen atoms in total. The molecule has 0 aliphatic heterocycles. The number of benzene rings is 2. The molecule has 2 aromatic rings. The number of hydrogen-bond donors (Lipinski definition) is 1. The molecule has 0 heterocycles. The standard InChI is InChI=1S/C11H11NO2S/c13-15(14)12-8-10-6-3-5-9-4-1-2-7-11(9)10/h1-7,12H,8H2,(H,13,14)/p-1. The van der Waals surface area contributed by atoms with E-state index >= 15 is 0 Å². The largest absolute Gasteiger partial charge is 0.760 e. The summed E-state index contributed by atoms with van der Waals surface area (Å²) in [6.07, 6.45) is 0. The zero-order valence-corrected chi connectivity index (χ0v) is 8.79. The summed E-state index contributed by atoms with van der Waals surface area (Å²) in [4.78, 5) is 0. The van der Waals surface area contributed by atoms with Crippen LogP contribution in [0.15, 0.2) is 42.5 Å². The molecule has 1 atom stereocenters. The van der Waals surface area contributed by atoms with Crippen molar-refractivity contribution in [3.63, 3.8) is 0 Å². The summed E-state index contributed by atoms with van der Waals surface area (Å²) >= 11 is -2.21. The highest BCUT2D eigenvalue weighted by molar-refractivity contribution is 7.77. The van der Waals surface area contributed by atoms with Gasteiger partial charge in [-0.1, -0.05) is 42.5 Å². The normalized spacial score (nSPS) is 12.9. The average Bonchev–Trinajstić information content (AvgIpc) is 2.26. The van der Waals surface area contributed by atoms with Gasteiger partial charge in [-0.2, -0.15) is 0 Å². The molecule has 0 spiro atoms. The predicted octanol–water partition coefficient (Wildman–Crippen LogP) is 1.72. The minimum atomic E-state index is -2.21. The first kappa shape index (κ1) is 10.3. The number of fused-ring (bicyclic) bond motifs is 1. The minimum absolute atomic E-state index is 0.331. The van der Waals surface area contributed by atoms with Crippen LogP contribution in [-0.2, 0) is 17.8 Å². The second-order valence-corrected chi connectivity index (χ2v) is 3.95. The number of hydrogen-bond acceptors (Lipinski definition) is 2. The van der Waals surface area contributed by atoms with Gasteiger partial charge in [-0.3, -0.25) is 4.21 Å². The lowest BCUT2D eigenvalue weighted by Gasteiger charge is -2.09. The maximum Gasteiger partial charge on any atom is 0.0328 e. The molecule has 15 heavy (non-hydrogen) atoms. The third-order valence-electron chi connectivity index (χ3n) is 2.26. The fourth-order valence-corrected chi connectivity index (χ4v) is 1.86. The van der Waals surface area contributed by atoms with E-state index in [2.05, 4.69) is 4.72 Å². The summed E-state index contributed by atoms with van der Waals surface area (Å²) in [5, 5.41) is 2.20. The molecule has 0 aromatic heterocycles. The maximum absolute atomic E-state index is 10.4. The van der Waals surface area contributed by atoms with Gasteiger partial charge in [0.25, 0.3) is 0 Å². The van der Waals surface area contributed by atoms with Crippen molar-refractivity contribution in [3.8, 4) is 0 Å². The van der Waals surface area contributed by atoms with Gasteiger partial charge in [-0.05, 0) is 16.3 Å². The Morgan fingerprint density at radius 3 is 2.67 bits per heavy atom. The molecule has 4 heteroatoms. The Bertz CT molecular complexity index is 493. The second-order valence-electron chi connectivity index (χ2n) is 3.19. The summed E-state index contributed by atoms with van der Waals surface area (Å²) in [5.41, 5.74) is 0.984. The van der Waals surface area contributed by atoms with Crippen molar-refractivity contribution in [2.75, 3.05) is 0 Å². The highest BCUT2D eigenvalue weighted by atomic mass is 32.2. The predicted molar refractivity (Wildman–Crippen MR) is 59.7 cm³/mol. The third-order valence-corrected chi connectivity index (χ3v) is 2.64. The van der Waals surface area contributed by atoms with Crippen LogP contribution in [-0.4, -0.2) is 8.76 Å². The van der Waals surface area contributed by atoms with Crippen LogP contribution >= 0.6 is 0 Å². The fourth-order valence-electron chi connectivity index (χ4n) is 1.58. The van der Waals surface area contributed by atoms with Crippen LogP contribution in [0.4, 0.5) is 0 Å². The molecule has 0 bridgehead atoms. The van der Waals surface area contributed by atoms with Crippen LogP contribution in [0.5, 0.6) is 0 Å². The van der Waals surface area contributed by atoms with Gasteiger partial charge in [-0.25, -0.2) is 4.72 Å². The lowest BCUT2D eigenvalue weighted by atomic mass is 10.1. The van der Waals surface area contributed by atoms with E-state index in [9.17, 15) is 8.76 Å². The Morgan fingerprint density at radius 1 is 1.13 bits per heavy atom. The zero-order chi connectivity index (χ0) is 10.7. The van der Waals surface area contributed by atoms with Crippen LogP contribution in [0.25, 0.3) is 10.8 Å². The van der Waals surface area contributed by atoms with E-state index in [1.807, 2.05) is 42.5 Å². The third kappa shape index (κ3) is 2.41. The average molecular weight is 220 g/mol. The van der Waals surface area contributed by atoms with E-state index in [-0.39, 0.29) is 0 Å². The topological polar surface area (TPSA) is 52.2 Å². The van der Waals surface area contributed by atoms with E-state index in [1.165, 1.54) is 0 Å². The van der Waals surface area contributed by atoms with Crippen molar-refractivity contribution >= 4 is 22.0 Å². The van der Waals surface area contributed by atoms with Crippen molar-refractivity contribution in [1.82, 2.24) is 4.72 Å². The monoisotopic (exact) mass is 220 g/mol. The van der Waals surface area contributed by atoms with Crippen LogP contribution in [0.3, 0.4) is 0 Å². The van der Waals surface area contributed by atoms with E-state index in [1.54, 1.807) is 0 Å². The summed E-state index contributed by atoms with van der Waals surface area (Å²) in [7, 11) is 0. The SMILES string of the molecule is O=S([O-])NCc1cccc2ccccc12. The van der Waals surface area contributed by atoms with Crippen molar-refractivity contribution < 1.29 is 8.76 Å². The van der Waals surface area contributed by atoms with Gasteiger partial charge < -0.3 is 4.55 Å². The molecule has 78 valence electrons. The molecule has 0 saturated heterocycles. The maximum atomic E-state index is 10.4. The molecule has 0 radical (unpaired) electrons. The Morgan fingerprint density at radius 2 is 1.87 bits per heavy atom. The summed E-state index contributed by atoms with van der Waals surface area (Å²) in [6, 6.07) is 13.8. The molecule has 0 aliphatic carbocycles. The van der Waals surface area contributed by atoms with Gasteiger partial charge in [-0.15, -0.1) is 0 Å². The van der Waals surface area contributed by atoms with Crippen LogP contribution < -0.4 is 4.72 Å². The Balaban J connectivity index is 2.38. The van der Waals surface area contributed by atoms with Crippen LogP contribution in [0.2, 0.25) is 0 Å². The van der Waals surface area contributed by atoms with Crippen molar-refractivity contribution in [2.45, 2.75) is 6.54 Å². The molecule has 0 aliphatic rings. The molecule has 0 amide bonds. The second kappa shape index (κ2) is 4.53. The smallest absolute Gasteiger partial charge is 0.0328 e. The zero-order valence-electron chi connectivity index (χ0n) is 7.97. The first-order valence-electron chi connectivity index (χ1n) is 4.57. The fraction of sp³-hybridized carbons (Fsp3) is 0.0909. The lowest BCUT2D eigenvalue weighted by Crippen LogP contribution is -2.15. The van der Waals surface area contributed by atoms with Gasteiger partial charge in [0.1, 0.15) is 0 Å². The van der Waals surface area contributed by atoms with Gasteiger partial charge >= 0.3 is 0 Å². The molecule has 0 fully saturated rings. The van der Waals surface area contributed by atoms with Gasteiger partial charge in [0.05, 0.1) is 0 Å². The van der Waals surface area contributed by atoms with Crippen LogP contribution in [0, 0.1) is 0 Å². The molecule has 2 aromatic carbocycles. The lowest BCUT2D eigenvalue weighted by molar-refractivity contribution is 0.523. The van der Waals surface area contributed by atoms with Gasteiger partial charge in [0.2, 0.25) is 0 Å². The van der Waals surface area contributed by atoms with E-state index in [0.717, 1.165) is 16.3 Å². The van der Waals surface area contributed by atoms with E-state index in [0.29, 0.717) is 6.54 Å². The first-order chi connectivity index (χ1) is 7.27. The molecule has 1 N–H and O–H groups in total.